The van der Waals surface area contributed by atoms with Gasteiger partial charge in [0.15, 0.2) is 0 Å². The number of piperidine rings is 1. The summed E-state index contributed by atoms with van der Waals surface area (Å²) in [6.07, 6.45) is 2.44. The van der Waals surface area contributed by atoms with Crippen molar-refractivity contribution in [2.45, 2.75) is 32.7 Å². The van der Waals surface area contributed by atoms with Gasteiger partial charge in [-0.3, -0.25) is 4.79 Å². The van der Waals surface area contributed by atoms with Crippen molar-refractivity contribution in [3.8, 4) is 0 Å². The molecule has 4 heteroatoms. The third-order valence-corrected chi connectivity index (χ3v) is 3.87. The number of benzene rings is 1. The highest BCUT2D eigenvalue weighted by atomic mass is 16.1. The molecule has 4 nitrogen and oxygen atoms in total. The van der Waals surface area contributed by atoms with Crippen LogP contribution in [0.4, 0.5) is 5.69 Å². The van der Waals surface area contributed by atoms with Gasteiger partial charge in [0.1, 0.15) is 0 Å². The summed E-state index contributed by atoms with van der Waals surface area (Å²) in [6.45, 7) is 6.33. The van der Waals surface area contributed by atoms with Crippen LogP contribution in [0, 0.1) is 12.8 Å². The molecule has 0 aliphatic carbocycles. The summed E-state index contributed by atoms with van der Waals surface area (Å²) in [6, 6.07) is 6.03. The molecule has 1 aliphatic rings. The minimum atomic E-state index is -0.378. The number of anilines is 1. The SMILES string of the molecule is Cc1ccc(C(N)=O)c(NC(C)C2CCCNC2)c1. The van der Waals surface area contributed by atoms with Crippen LogP contribution in [0.5, 0.6) is 0 Å². The van der Waals surface area contributed by atoms with Crippen molar-refractivity contribution in [1.29, 1.82) is 0 Å². The maximum atomic E-state index is 11.5. The summed E-state index contributed by atoms with van der Waals surface area (Å²) < 4.78 is 0. The molecule has 1 saturated heterocycles. The topological polar surface area (TPSA) is 67.2 Å². The molecule has 0 bridgehead atoms. The zero-order chi connectivity index (χ0) is 13.8. The molecule has 1 fully saturated rings. The van der Waals surface area contributed by atoms with Crippen LogP contribution in [0.15, 0.2) is 18.2 Å². The van der Waals surface area contributed by atoms with Gasteiger partial charge in [0.05, 0.1) is 5.56 Å². The summed E-state index contributed by atoms with van der Waals surface area (Å²) in [5.74, 6) is 0.214. The maximum Gasteiger partial charge on any atom is 0.250 e. The molecule has 0 radical (unpaired) electrons. The van der Waals surface area contributed by atoms with E-state index in [0.717, 1.165) is 24.3 Å². The van der Waals surface area contributed by atoms with E-state index in [0.29, 0.717) is 17.5 Å². The van der Waals surface area contributed by atoms with Gasteiger partial charge in [-0.1, -0.05) is 6.07 Å². The Morgan fingerprint density at radius 3 is 2.95 bits per heavy atom. The molecular formula is C15H23N3O. The quantitative estimate of drug-likeness (QED) is 0.775. The molecule has 2 rings (SSSR count). The minimum absolute atomic E-state index is 0.327. The van der Waals surface area contributed by atoms with E-state index >= 15 is 0 Å². The van der Waals surface area contributed by atoms with Crippen LogP contribution in [0.25, 0.3) is 0 Å². The van der Waals surface area contributed by atoms with Crippen LogP contribution < -0.4 is 16.4 Å². The first kappa shape index (κ1) is 13.9. The van der Waals surface area contributed by atoms with Gasteiger partial charge >= 0.3 is 0 Å². The van der Waals surface area contributed by atoms with E-state index in [9.17, 15) is 4.79 Å². The number of carbonyl (C=O) groups excluding carboxylic acids is 1. The Morgan fingerprint density at radius 1 is 1.53 bits per heavy atom. The van der Waals surface area contributed by atoms with Crippen LogP contribution in [0.2, 0.25) is 0 Å². The van der Waals surface area contributed by atoms with Crippen molar-refractivity contribution < 1.29 is 4.79 Å². The van der Waals surface area contributed by atoms with E-state index < -0.39 is 0 Å². The lowest BCUT2D eigenvalue weighted by Crippen LogP contribution is -2.39. The highest BCUT2D eigenvalue weighted by Crippen LogP contribution is 2.22. The van der Waals surface area contributed by atoms with Crippen LogP contribution in [0.1, 0.15) is 35.7 Å². The van der Waals surface area contributed by atoms with E-state index in [1.54, 1.807) is 6.07 Å². The number of hydrogen-bond donors (Lipinski definition) is 3. The van der Waals surface area contributed by atoms with Gasteiger partial charge in [0, 0.05) is 11.7 Å². The molecular weight excluding hydrogens is 238 g/mol. The Bertz CT molecular complexity index is 453. The zero-order valence-corrected chi connectivity index (χ0v) is 11.7. The second-order valence-corrected chi connectivity index (χ2v) is 5.45. The van der Waals surface area contributed by atoms with Gasteiger partial charge in [-0.25, -0.2) is 0 Å². The zero-order valence-electron chi connectivity index (χ0n) is 11.7. The normalized spacial score (nSPS) is 20.8. The Balaban J connectivity index is 2.12. The first-order valence-electron chi connectivity index (χ1n) is 6.95. The summed E-state index contributed by atoms with van der Waals surface area (Å²) in [7, 11) is 0. The molecule has 1 amide bonds. The Labute approximate surface area is 114 Å². The molecule has 104 valence electrons. The number of carbonyl (C=O) groups is 1. The molecule has 1 aromatic rings. The lowest BCUT2D eigenvalue weighted by molar-refractivity contribution is 0.100. The second kappa shape index (κ2) is 6.06. The number of hydrogen-bond acceptors (Lipinski definition) is 3. The molecule has 2 unspecified atom stereocenters. The maximum absolute atomic E-state index is 11.5. The third-order valence-electron chi connectivity index (χ3n) is 3.87. The minimum Gasteiger partial charge on any atom is -0.382 e. The van der Waals surface area contributed by atoms with Crippen LogP contribution >= 0.6 is 0 Å². The lowest BCUT2D eigenvalue weighted by Gasteiger charge is -2.30. The Morgan fingerprint density at radius 2 is 2.32 bits per heavy atom. The van der Waals surface area contributed by atoms with Gasteiger partial charge in [0.2, 0.25) is 0 Å². The van der Waals surface area contributed by atoms with Crippen molar-refractivity contribution in [3.63, 3.8) is 0 Å². The number of amides is 1. The van der Waals surface area contributed by atoms with Crippen molar-refractivity contribution in [3.05, 3.63) is 29.3 Å². The first-order chi connectivity index (χ1) is 9.08. The van der Waals surface area contributed by atoms with Gasteiger partial charge < -0.3 is 16.4 Å². The first-order valence-corrected chi connectivity index (χ1v) is 6.95. The van der Waals surface area contributed by atoms with E-state index in [1.165, 1.54) is 12.8 Å². The molecule has 1 heterocycles. The van der Waals surface area contributed by atoms with E-state index in [2.05, 4.69) is 17.6 Å². The van der Waals surface area contributed by atoms with Gasteiger partial charge in [0.25, 0.3) is 5.91 Å². The molecule has 1 aromatic carbocycles. The fourth-order valence-corrected chi connectivity index (χ4v) is 2.66. The number of primary amides is 1. The molecule has 4 N–H and O–H groups in total. The summed E-state index contributed by atoms with van der Waals surface area (Å²) in [5.41, 5.74) is 7.98. The second-order valence-electron chi connectivity index (χ2n) is 5.45. The highest BCUT2D eigenvalue weighted by molar-refractivity contribution is 5.98. The van der Waals surface area contributed by atoms with Crippen molar-refractivity contribution in [2.24, 2.45) is 11.7 Å². The molecule has 1 aliphatic heterocycles. The Hall–Kier alpha value is -1.55. The molecule has 0 aromatic heterocycles. The van der Waals surface area contributed by atoms with E-state index in [-0.39, 0.29) is 5.91 Å². The molecule has 0 saturated carbocycles. The van der Waals surface area contributed by atoms with Gasteiger partial charge in [-0.05, 0) is 63.4 Å². The van der Waals surface area contributed by atoms with Crippen LogP contribution in [-0.4, -0.2) is 25.0 Å². The standard InChI is InChI=1S/C15H23N3O/c1-10-5-6-13(15(16)19)14(8-10)18-11(2)12-4-3-7-17-9-12/h5-6,8,11-12,17-18H,3-4,7,9H2,1-2H3,(H2,16,19). The van der Waals surface area contributed by atoms with Crippen LogP contribution in [0.3, 0.4) is 0 Å². The van der Waals surface area contributed by atoms with Crippen molar-refractivity contribution in [1.82, 2.24) is 5.32 Å². The summed E-state index contributed by atoms with van der Waals surface area (Å²) >= 11 is 0. The largest absolute Gasteiger partial charge is 0.382 e. The smallest absolute Gasteiger partial charge is 0.250 e. The van der Waals surface area contributed by atoms with Gasteiger partial charge in [-0.15, -0.1) is 0 Å². The molecule has 2 atom stereocenters. The summed E-state index contributed by atoms with van der Waals surface area (Å²) in [4.78, 5) is 11.5. The van der Waals surface area contributed by atoms with Crippen molar-refractivity contribution >= 4 is 11.6 Å². The average molecular weight is 261 g/mol. The monoisotopic (exact) mass is 261 g/mol. The number of nitrogens with two attached hydrogens (primary N) is 1. The third kappa shape index (κ3) is 3.47. The van der Waals surface area contributed by atoms with Gasteiger partial charge in [-0.2, -0.15) is 0 Å². The van der Waals surface area contributed by atoms with Crippen LogP contribution in [-0.2, 0) is 0 Å². The Kier molecular flexibility index (Phi) is 4.43. The van der Waals surface area contributed by atoms with E-state index in [1.807, 2.05) is 19.1 Å². The predicted molar refractivity (Wildman–Crippen MR) is 78.4 cm³/mol. The molecule has 19 heavy (non-hydrogen) atoms. The number of nitrogens with one attached hydrogen (secondary N) is 2. The summed E-state index contributed by atoms with van der Waals surface area (Å²) in [5, 5.41) is 6.88. The number of aryl methyl sites for hydroxylation is 1. The van der Waals surface area contributed by atoms with Crippen molar-refractivity contribution in [2.75, 3.05) is 18.4 Å². The fourth-order valence-electron chi connectivity index (χ4n) is 2.66. The molecule has 0 spiro atoms. The van der Waals surface area contributed by atoms with E-state index in [4.69, 9.17) is 5.73 Å². The number of rotatable bonds is 4. The highest BCUT2D eigenvalue weighted by Gasteiger charge is 2.21. The lowest BCUT2D eigenvalue weighted by atomic mass is 9.92. The predicted octanol–water partition coefficient (Wildman–Crippen LogP) is 1.89. The fraction of sp³-hybridized carbons (Fsp3) is 0.533. The average Bonchev–Trinajstić information content (AvgIpc) is 2.39.